The number of nitrogens with one attached hydrogen (secondary N) is 1. The molecule has 2 unspecified atom stereocenters. The molecule has 3 aliphatic rings. The third-order valence-corrected chi connectivity index (χ3v) is 5.07. The number of nitrogens with two attached hydrogens (primary N) is 1. The van der Waals surface area contributed by atoms with Crippen LogP contribution in [0.1, 0.15) is 32.1 Å². The van der Waals surface area contributed by atoms with Gasteiger partial charge in [-0.3, -0.25) is 9.69 Å². The summed E-state index contributed by atoms with van der Waals surface area (Å²) < 4.78 is 0. The van der Waals surface area contributed by atoms with Crippen molar-refractivity contribution in [3.8, 4) is 0 Å². The van der Waals surface area contributed by atoms with Crippen molar-refractivity contribution in [1.29, 1.82) is 0 Å². The smallest absolute Gasteiger partial charge is 0.237 e. The summed E-state index contributed by atoms with van der Waals surface area (Å²) in [6.07, 6.45) is 5.33. The molecule has 2 aliphatic carbocycles. The summed E-state index contributed by atoms with van der Waals surface area (Å²) in [4.78, 5) is 16.8. The van der Waals surface area contributed by atoms with Gasteiger partial charge in [0.2, 0.25) is 5.91 Å². The molecule has 3 N–H and O–H groups in total. The fraction of sp³-hybridized carbons (Fsp3) is 0.929. The van der Waals surface area contributed by atoms with Gasteiger partial charge in [-0.15, -0.1) is 0 Å². The summed E-state index contributed by atoms with van der Waals surface area (Å²) in [6.45, 7) is 4.52. The van der Waals surface area contributed by atoms with Gasteiger partial charge in [-0.2, -0.15) is 0 Å². The number of amides is 1. The predicted molar refractivity (Wildman–Crippen MR) is 74.8 cm³/mol. The lowest BCUT2D eigenvalue weighted by atomic mass is 9.96. The minimum atomic E-state index is -0.421. The number of hydrogen-bond donors (Lipinski definition) is 2. The van der Waals surface area contributed by atoms with Crippen LogP contribution in [-0.4, -0.2) is 66.6 Å². The zero-order valence-corrected chi connectivity index (χ0v) is 11.9. The maximum absolute atomic E-state index is 11.9. The summed E-state index contributed by atoms with van der Waals surface area (Å²) in [5, 5.41) is 3.53. The zero-order valence-electron chi connectivity index (χ0n) is 11.9. The van der Waals surface area contributed by atoms with Crippen LogP contribution >= 0.6 is 0 Å². The SMILES string of the molecule is CN1CCN(C2CCC(NC3CC3)(C(N)=O)C2)CC1. The minimum absolute atomic E-state index is 0.143. The largest absolute Gasteiger partial charge is 0.368 e. The zero-order chi connectivity index (χ0) is 13.5. The molecule has 0 bridgehead atoms. The quantitative estimate of drug-likeness (QED) is 0.737. The Morgan fingerprint density at radius 2 is 1.89 bits per heavy atom. The molecule has 19 heavy (non-hydrogen) atoms. The van der Waals surface area contributed by atoms with Gasteiger partial charge in [0, 0.05) is 38.3 Å². The van der Waals surface area contributed by atoms with Crippen LogP contribution in [0.4, 0.5) is 0 Å². The highest BCUT2D eigenvalue weighted by Gasteiger charge is 2.48. The summed E-state index contributed by atoms with van der Waals surface area (Å²) in [6, 6.07) is 1.08. The van der Waals surface area contributed by atoms with Crippen LogP contribution in [0, 0.1) is 0 Å². The van der Waals surface area contributed by atoms with Crippen LogP contribution in [-0.2, 0) is 4.79 Å². The van der Waals surface area contributed by atoms with E-state index in [0.29, 0.717) is 12.1 Å². The van der Waals surface area contributed by atoms with E-state index in [1.807, 2.05) is 0 Å². The highest BCUT2D eigenvalue weighted by molar-refractivity contribution is 5.85. The number of likely N-dealkylation sites (N-methyl/N-ethyl adjacent to an activating group) is 1. The number of rotatable bonds is 4. The van der Waals surface area contributed by atoms with E-state index in [9.17, 15) is 4.79 Å². The summed E-state index contributed by atoms with van der Waals surface area (Å²) in [5.74, 6) is -0.143. The topological polar surface area (TPSA) is 61.6 Å². The lowest BCUT2D eigenvalue weighted by Gasteiger charge is -2.37. The normalized spacial score (nSPS) is 37.6. The Hall–Kier alpha value is -0.650. The molecule has 108 valence electrons. The van der Waals surface area contributed by atoms with Gasteiger partial charge in [0.05, 0.1) is 5.54 Å². The van der Waals surface area contributed by atoms with Crippen molar-refractivity contribution >= 4 is 5.91 Å². The number of hydrogen-bond acceptors (Lipinski definition) is 4. The van der Waals surface area contributed by atoms with Crippen LogP contribution in [0.5, 0.6) is 0 Å². The summed E-state index contributed by atoms with van der Waals surface area (Å²) >= 11 is 0. The number of carbonyl (C=O) groups excluding carboxylic acids is 1. The van der Waals surface area contributed by atoms with Crippen molar-refractivity contribution in [2.45, 2.75) is 49.7 Å². The molecule has 0 aromatic rings. The Labute approximate surface area is 115 Å². The number of piperazine rings is 1. The predicted octanol–water partition coefficient (Wildman–Crippen LogP) is -0.238. The highest BCUT2D eigenvalue weighted by Crippen LogP contribution is 2.36. The lowest BCUT2D eigenvalue weighted by molar-refractivity contribution is -0.124. The van der Waals surface area contributed by atoms with E-state index in [-0.39, 0.29) is 5.91 Å². The van der Waals surface area contributed by atoms with Crippen LogP contribution in [0.25, 0.3) is 0 Å². The first-order valence-corrected chi connectivity index (χ1v) is 7.59. The molecule has 1 saturated heterocycles. The van der Waals surface area contributed by atoms with Crippen molar-refractivity contribution in [2.24, 2.45) is 5.73 Å². The first-order valence-electron chi connectivity index (χ1n) is 7.59. The molecule has 1 heterocycles. The second-order valence-corrected chi connectivity index (χ2v) is 6.60. The van der Waals surface area contributed by atoms with Crippen LogP contribution in [0.3, 0.4) is 0 Å². The Morgan fingerprint density at radius 3 is 2.47 bits per heavy atom. The molecule has 0 spiro atoms. The molecular weight excluding hydrogens is 240 g/mol. The van der Waals surface area contributed by atoms with Crippen molar-refractivity contribution in [1.82, 2.24) is 15.1 Å². The molecule has 0 radical (unpaired) electrons. The van der Waals surface area contributed by atoms with Gasteiger partial charge in [-0.25, -0.2) is 0 Å². The molecule has 5 nitrogen and oxygen atoms in total. The van der Waals surface area contributed by atoms with Crippen molar-refractivity contribution < 1.29 is 4.79 Å². The monoisotopic (exact) mass is 266 g/mol. The maximum Gasteiger partial charge on any atom is 0.237 e. The molecular formula is C14H26N4O. The average Bonchev–Trinajstić information content (AvgIpc) is 3.08. The lowest BCUT2D eigenvalue weighted by Crippen LogP contribution is -2.56. The van der Waals surface area contributed by atoms with E-state index in [4.69, 9.17) is 5.73 Å². The molecule has 1 aliphatic heterocycles. The first-order chi connectivity index (χ1) is 9.09. The fourth-order valence-corrected chi connectivity index (χ4v) is 3.56. The van der Waals surface area contributed by atoms with Gasteiger partial charge < -0.3 is 16.0 Å². The molecule has 0 aromatic carbocycles. The number of nitrogens with zero attached hydrogens (tertiary/aromatic N) is 2. The van der Waals surface area contributed by atoms with Crippen LogP contribution in [0.15, 0.2) is 0 Å². The number of carbonyl (C=O) groups is 1. The third-order valence-electron chi connectivity index (χ3n) is 5.07. The third kappa shape index (κ3) is 2.78. The highest BCUT2D eigenvalue weighted by atomic mass is 16.1. The Morgan fingerprint density at radius 1 is 1.21 bits per heavy atom. The van der Waals surface area contributed by atoms with Crippen LogP contribution in [0.2, 0.25) is 0 Å². The van der Waals surface area contributed by atoms with Gasteiger partial charge in [0.15, 0.2) is 0 Å². The second-order valence-electron chi connectivity index (χ2n) is 6.60. The Bertz CT molecular complexity index is 349. The van der Waals surface area contributed by atoms with Crippen molar-refractivity contribution in [3.05, 3.63) is 0 Å². The fourth-order valence-electron chi connectivity index (χ4n) is 3.56. The molecule has 5 heteroatoms. The van der Waals surface area contributed by atoms with Gasteiger partial charge in [0.25, 0.3) is 0 Å². The Kier molecular flexibility index (Phi) is 3.53. The van der Waals surface area contributed by atoms with Crippen molar-refractivity contribution in [2.75, 3.05) is 33.2 Å². The van der Waals surface area contributed by atoms with E-state index in [0.717, 1.165) is 45.4 Å². The van der Waals surface area contributed by atoms with Gasteiger partial charge in [-0.1, -0.05) is 0 Å². The molecule has 1 amide bonds. The average molecular weight is 266 g/mol. The number of primary amides is 1. The summed E-state index contributed by atoms with van der Waals surface area (Å²) in [5.41, 5.74) is 5.27. The van der Waals surface area contributed by atoms with Gasteiger partial charge in [0.1, 0.15) is 0 Å². The van der Waals surface area contributed by atoms with E-state index in [1.165, 1.54) is 12.8 Å². The molecule has 2 atom stereocenters. The minimum Gasteiger partial charge on any atom is -0.368 e. The van der Waals surface area contributed by atoms with E-state index in [2.05, 4.69) is 22.2 Å². The van der Waals surface area contributed by atoms with E-state index in [1.54, 1.807) is 0 Å². The summed E-state index contributed by atoms with van der Waals surface area (Å²) in [7, 11) is 2.17. The van der Waals surface area contributed by atoms with Crippen LogP contribution < -0.4 is 11.1 Å². The van der Waals surface area contributed by atoms with Crippen molar-refractivity contribution in [3.63, 3.8) is 0 Å². The molecule has 3 rings (SSSR count). The molecule has 3 fully saturated rings. The molecule has 0 aromatic heterocycles. The second kappa shape index (κ2) is 5.04. The maximum atomic E-state index is 11.9. The van der Waals surface area contributed by atoms with E-state index < -0.39 is 5.54 Å². The Balaban J connectivity index is 1.62. The standard InChI is InChI=1S/C14H26N4O/c1-17-6-8-18(9-7-17)12-4-5-14(10-12,13(15)19)16-11-2-3-11/h11-12,16H,2-10H2,1H3,(H2,15,19). The molecule has 2 saturated carbocycles. The van der Waals surface area contributed by atoms with Gasteiger partial charge >= 0.3 is 0 Å². The van der Waals surface area contributed by atoms with Gasteiger partial charge in [-0.05, 0) is 39.2 Å². The first kappa shape index (κ1) is 13.3. The van der Waals surface area contributed by atoms with E-state index >= 15 is 0 Å².